The van der Waals surface area contributed by atoms with E-state index >= 15 is 0 Å². The third-order valence-electron chi connectivity index (χ3n) is 1.33. The third kappa shape index (κ3) is 1.93. The van der Waals surface area contributed by atoms with Crippen LogP contribution in [-0.2, 0) is 0 Å². The maximum absolute atomic E-state index is 10.5. The molecule has 9 heteroatoms. The Morgan fingerprint density at radius 1 is 1.36 bits per heavy atom. The van der Waals surface area contributed by atoms with Crippen molar-refractivity contribution in [3.8, 4) is 0 Å². The molecular weight excluding hydrogens is 230 g/mol. The molecule has 0 unspecified atom stereocenters. The second-order valence-corrected chi connectivity index (χ2v) is 3.13. The second kappa shape index (κ2) is 4.24. The number of hydrogen-bond donors (Lipinski definition) is 0. The summed E-state index contributed by atoms with van der Waals surface area (Å²) in [4.78, 5) is 22.8. The lowest BCUT2D eigenvalue weighted by molar-refractivity contribution is -0.424. The van der Waals surface area contributed by atoms with Crippen molar-refractivity contribution in [2.45, 2.75) is 5.03 Å². The maximum Gasteiger partial charge on any atom is 0.378 e. The van der Waals surface area contributed by atoms with Crippen LogP contribution in [0.4, 0.5) is 11.4 Å². The molecular formula is C5H2N3O4S2. The van der Waals surface area contributed by atoms with E-state index in [2.05, 4.69) is 16.6 Å². The van der Waals surface area contributed by atoms with Crippen molar-refractivity contribution in [2.75, 3.05) is 0 Å². The number of pyridine rings is 1. The van der Waals surface area contributed by atoms with Crippen LogP contribution < -0.4 is 0 Å². The van der Waals surface area contributed by atoms with E-state index in [1.54, 1.807) is 0 Å². The van der Waals surface area contributed by atoms with E-state index in [0.717, 1.165) is 12.3 Å². The van der Waals surface area contributed by atoms with Gasteiger partial charge >= 0.3 is 11.4 Å². The molecule has 1 aromatic rings. The zero-order valence-electron chi connectivity index (χ0n) is 6.45. The highest BCUT2D eigenvalue weighted by molar-refractivity contribution is 8.68. The zero-order valence-corrected chi connectivity index (χ0v) is 8.08. The molecule has 14 heavy (non-hydrogen) atoms. The molecule has 0 N–H and O–H groups in total. The first-order chi connectivity index (χ1) is 6.57. The molecule has 0 saturated carbocycles. The molecule has 0 aliphatic heterocycles. The van der Waals surface area contributed by atoms with Crippen LogP contribution in [0.1, 0.15) is 0 Å². The van der Waals surface area contributed by atoms with Gasteiger partial charge < -0.3 is 0 Å². The van der Waals surface area contributed by atoms with Crippen LogP contribution in [0.2, 0.25) is 0 Å². The van der Waals surface area contributed by atoms with Crippen molar-refractivity contribution in [1.29, 1.82) is 0 Å². The topological polar surface area (TPSA) is 99.2 Å². The Morgan fingerprint density at radius 2 is 2.00 bits per heavy atom. The number of rotatable bonds is 3. The van der Waals surface area contributed by atoms with E-state index in [9.17, 15) is 20.2 Å². The molecule has 1 rings (SSSR count). The SMILES string of the molecule is O=[N+]([O-])c1ccnc(S[S])c1[N+](=O)[O-]. The van der Waals surface area contributed by atoms with E-state index in [1.807, 2.05) is 0 Å². The van der Waals surface area contributed by atoms with Gasteiger partial charge in [-0.25, -0.2) is 4.98 Å². The normalized spacial score (nSPS) is 9.79. The lowest BCUT2D eigenvalue weighted by Crippen LogP contribution is -1.99. The fourth-order valence-corrected chi connectivity index (χ4v) is 1.53. The molecule has 0 bridgehead atoms. The average Bonchev–Trinajstić information content (AvgIpc) is 2.16. The Hall–Kier alpha value is -1.35. The van der Waals surface area contributed by atoms with Gasteiger partial charge in [-0.3, -0.25) is 20.2 Å². The summed E-state index contributed by atoms with van der Waals surface area (Å²) in [6.45, 7) is 0. The van der Waals surface area contributed by atoms with E-state index < -0.39 is 21.2 Å². The first-order valence-corrected chi connectivity index (χ1v) is 4.89. The van der Waals surface area contributed by atoms with Crippen molar-refractivity contribution in [1.82, 2.24) is 4.98 Å². The Labute approximate surface area is 86.6 Å². The van der Waals surface area contributed by atoms with Gasteiger partial charge in [-0.1, -0.05) is 0 Å². The first kappa shape index (κ1) is 10.7. The molecule has 0 amide bonds. The fourth-order valence-electron chi connectivity index (χ4n) is 0.805. The van der Waals surface area contributed by atoms with E-state index in [4.69, 9.17) is 0 Å². The van der Waals surface area contributed by atoms with Crippen LogP contribution in [0.3, 0.4) is 0 Å². The van der Waals surface area contributed by atoms with E-state index in [-0.39, 0.29) is 5.03 Å². The van der Waals surface area contributed by atoms with Gasteiger partial charge in [0.2, 0.25) is 0 Å². The van der Waals surface area contributed by atoms with Crippen LogP contribution >= 0.6 is 22.5 Å². The summed E-state index contributed by atoms with van der Waals surface area (Å²) in [6, 6.07) is 0.965. The van der Waals surface area contributed by atoms with Crippen molar-refractivity contribution in [2.24, 2.45) is 0 Å². The highest BCUT2D eigenvalue weighted by Gasteiger charge is 2.29. The standard InChI is InChI=1S/C5H2N3O4S2/c9-7(10)3-1-2-6-5(14-13)4(3)8(11)12/h1-2H. The van der Waals surface area contributed by atoms with Crippen LogP contribution in [0.25, 0.3) is 0 Å². The number of nitrogens with zero attached hydrogens (tertiary/aromatic N) is 3. The predicted octanol–water partition coefficient (Wildman–Crippen LogP) is 2.10. The highest BCUT2D eigenvalue weighted by Crippen LogP contribution is 2.35. The van der Waals surface area contributed by atoms with Crippen LogP contribution in [-0.4, -0.2) is 14.8 Å². The van der Waals surface area contributed by atoms with Crippen LogP contribution in [0, 0.1) is 20.2 Å². The summed E-state index contributed by atoms with van der Waals surface area (Å²) < 4.78 is 0. The fraction of sp³-hybridized carbons (Fsp3) is 0. The summed E-state index contributed by atoms with van der Waals surface area (Å²) in [6.07, 6.45) is 1.11. The summed E-state index contributed by atoms with van der Waals surface area (Å²) in [7, 11) is 0.581. The van der Waals surface area contributed by atoms with Crippen molar-refractivity contribution in [3.63, 3.8) is 0 Å². The lowest BCUT2D eigenvalue weighted by atomic mass is 10.3. The number of nitro groups is 2. The average molecular weight is 232 g/mol. The minimum atomic E-state index is -0.861. The third-order valence-corrected chi connectivity index (χ3v) is 2.26. The zero-order chi connectivity index (χ0) is 10.7. The van der Waals surface area contributed by atoms with Crippen LogP contribution in [0.15, 0.2) is 17.3 Å². The summed E-state index contributed by atoms with van der Waals surface area (Å²) >= 11 is 4.50. The Balaban J connectivity index is 3.43. The molecule has 0 aromatic carbocycles. The Bertz CT molecular complexity index is 397. The molecule has 73 valence electrons. The molecule has 1 heterocycles. The number of aromatic nitrogens is 1. The van der Waals surface area contributed by atoms with Crippen LogP contribution in [0.5, 0.6) is 0 Å². The van der Waals surface area contributed by atoms with Gasteiger partial charge in [-0.05, 0) is 22.5 Å². The Kier molecular flexibility index (Phi) is 3.25. The quantitative estimate of drug-likeness (QED) is 0.449. The molecule has 1 aromatic heterocycles. The number of hydrogen-bond acceptors (Lipinski definition) is 6. The van der Waals surface area contributed by atoms with Gasteiger partial charge in [0.05, 0.1) is 9.85 Å². The van der Waals surface area contributed by atoms with E-state index in [0.29, 0.717) is 10.8 Å². The van der Waals surface area contributed by atoms with Gasteiger partial charge in [0.25, 0.3) is 0 Å². The van der Waals surface area contributed by atoms with E-state index in [1.165, 1.54) is 0 Å². The second-order valence-electron chi connectivity index (χ2n) is 2.08. The molecule has 0 saturated heterocycles. The highest BCUT2D eigenvalue weighted by atomic mass is 33.1. The molecule has 0 fully saturated rings. The molecule has 0 spiro atoms. The lowest BCUT2D eigenvalue weighted by Gasteiger charge is -1.97. The molecule has 7 nitrogen and oxygen atoms in total. The van der Waals surface area contributed by atoms with Gasteiger partial charge in [-0.15, -0.1) is 0 Å². The van der Waals surface area contributed by atoms with Crippen molar-refractivity contribution >= 4 is 33.8 Å². The summed E-state index contributed by atoms with van der Waals surface area (Å²) in [5.74, 6) is 0. The molecule has 1 radical (unpaired) electrons. The monoisotopic (exact) mass is 232 g/mol. The van der Waals surface area contributed by atoms with Gasteiger partial charge in [-0.2, -0.15) is 0 Å². The Morgan fingerprint density at radius 3 is 2.43 bits per heavy atom. The van der Waals surface area contributed by atoms with Crippen molar-refractivity contribution < 1.29 is 9.85 Å². The minimum Gasteiger partial charge on any atom is -0.258 e. The van der Waals surface area contributed by atoms with Gasteiger partial charge in [0, 0.05) is 12.3 Å². The first-order valence-electron chi connectivity index (χ1n) is 3.15. The van der Waals surface area contributed by atoms with Gasteiger partial charge in [0.15, 0.2) is 5.03 Å². The largest absolute Gasteiger partial charge is 0.378 e. The predicted molar refractivity (Wildman–Crippen MR) is 51.0 cm³/mol. The van der Waals surface area contributed by atoms with Gasteiger partial charge in [0.1, 0.15) is 0 Å². The maximum atomic E-state index is 10.5. The smallest absolute Gasteiger partial charge is 0.258 e. The molecule has 0 aliphatic rings. The summed E-state index contributed by atoms with van der Waals surface area (Å²) in [5, 5.41) is 20.8. The molecule has 0 aliphatic carbocycles. The van der Waals surface area contributed by atoms with Crippen molar-refractivity contribution in [3.05, 3.63) is 32.5 Å². The minimum absolute atomic E-state index is 0.140. The molecule has 0 atom stereocenters. The summed E-state index contributed by atoms with van der Waals surface area (Å²) in [5.41, 5.74) is -1.25.